The van der Waals surface area contributed by atoms with Gasteiger partial charge in [0.05, 0.1) is 0 Å². The van der Waals surface area contributed by atoms with Crippen LogP contribution in [-0.4, -0.2) is 35.5 Å². The number of alkyl halides is 1. The van der Waals surface area contributed by atoms with E-state index < -0.39 is 0 Å². The normalized spacial score (nSPS) is 23.2. The summed E-state index contributed by atoms with van der Waals surface area (Å²) in [6.07, 6.45) is 0.652. The van der Waals surface area contributed by atoms with Gasteiger partial charge in [0.25, 0.3) is 0 Å². The molecule has 2 atom stereocenters. The first kappa shape index (κ1) is 14.3. The quantitative estimate of drug-likeness (QED) is 0.867. The lowest BCUT2D eigenvalue weighted by Crippen LogP contribution is -2.51. The maximum atomic E-state index is 11.9. The molecule has 1 aliphatic heterocycles. The van der Waals surface area contributed by atoms with Crippen molar-refractivity contribution in [1.29, 1.82) is 0 Å². The predicted octanol–water partition coefficient (Wildman–Crippen LogP) is 2.37. The van der Waals surface area contributed by atoms with Crippen molar-refractivity contribution in [2.75, 3.05) is 18.4 Å². The zero-order valence-electron chi connectivity index (χ0n) is 10.8. The predicted molar refractivity (Wildman–Crippen MR) is 78.1 cm³/mol. The fourth-order valence-corrected chi connectivity index (χ4v) is 3.00. The molecular formula is C14H19BrN2O2. The number of likely N-dealkylation sites (tertiary alicyclic amines) is 1. The van der Waals surface area contributed by atoms with Gasteiger partial charge in [-0.05, 0) is 17.9 Å². The van der Waals surface area contributed by atoms with Gasteiger partial charge in [0.2, 0.25) is 0 Å². The summed E-state index contributed by atoms with van der Waals surface area (Å²) < 4.78 is 5.30. The van der Waals surface area contributed by atoms with Crippen LogP contribution in [0.5, 0.6) is 0 Å². The lowest BCUT2D eigenvalue weighted by molar-refractivity contribution is 0.0793. The van der Waals surface area contributed by atoms with Crippen LogP contribution in [0.4, 0.5) is 4.79 Å². The minimum Gasteiger partial charge on any atom is -0.445 e. The number of halogens is 1. The molecule has 0 aliphatic carbocycles. The SMILES string of the molecule is NC1CN(C(=O)OCc2ccccc2)CCC1CBr. The summed E-state index contributed by atoms with van der Waals surface area (Å²) >= 11 is 3.45. The van der Waals surface area contributed by atoms with E-state index in [1.54, 1.807) is 4.90 Å². The minimum absolute atomic E-state index is 0.0254. The molecule has 0 saturated carbocycles. The van der Waals surface area contributed by atoms with Gasteiger partial charge in [-0.15, -0.1) is 0 Å². The fourth-order valence-electron chi connectivity index (χ4n) is 2.20. The monoisotopic (exact) mass is 326 g/mol. The number of benzene rings is 1. The summed E-state index contributed by atoms with van der Waals surface area (Å²) in [4.78, 5) is 13.6. The zero-order valence-corrected chi connectivity index (χ0v) is 12.4. The molecule has 1 fully saturated rings. The molecule has 1 amide bonds. The highest BCUT2D eigenvalue weighted by Gasteiger charge is 2.29. The maximum absolute atomic E-state index is 11.9. The van der Waals surface area contributed by atoms with Gasteiger partial charge in [0.15, 0.2) is 0 Å². The molecule has 0 bridgehead atoms. The lowest BCUT2D eigenvalue weighted by Gasteiger charge is -2.35. The van der Waals surface area contributed by atoms with Crippen LogP contribution in [0.25, 0.3) is 0 Å². The van der Waals surface area contributed by atoms with Crippen LogP contribution in [0, 0.1) is 5.92 Å². The number of amides is 1. The number of nitrogens with two attached hydrogens (primary N) is 1. The molecule has 2 rings (SSSR count). The van der Waals surface area contributed by atoms with E-state index in [4.69, 9.17) is 10.5 Å². The van der Waals surface area contributed by atoms with Crippen LogP contribution in [0.1, 0.15) is 12.0 Å². The molecule has 1 saturated heterocycles. The summed E-state index contributed by atoms with van der Waals surface area (Å²) in [6.45, 7) is 1.61. The highest BCUT2D eigenvalue weighted by atomic mass is 79.9. The van der Waals surface area contributed by atoms with Crippen molar-refractivity contribution >= 4 is 22.0 Å². The van der Waals surface area contributed by atoms with Gasteiger partial charge < -0.3 is 15.4 Å². The van der Waals surface area contributed by atoms with Crippen LogP contribution >= 0.6 is 15.9 Å². The molecule has 1 aromatic rings. The molecule has 5 heteroatoms. The van der Waals surface area contributed by atoms with E-state index >= 15 is 0 Å². The number of rotatable bonds is 3. The van der Waals surface area contributed by atoms with Crippen LogP contribution in [0.2, 0.25) is 0 Å². The van der Waals surface area contributed by atoms with E-state index in [-0.39, 0.29) is 12.1 Å². The molecule has 2 N–H and O–H groups in total. The Morgan fingerprint density at radius 2 is 2.16 bits per heavy atom. The third-order valence-electron chi connectivity index (χ3n) is 3.47. The second kappa shape index (κ2) is 6.91. The van der Waals surface area contributed by atoms with Gasteiger partial charge in [-0.25, -0.2) is 4.79 Å². The van der Waals surface area contributed by atoms with E-state index in [9.17, 15) is 4.79 Å². The number of carbonyl (C=O) groups excluding carboxylic acids is 1. The molecule has 104 valence electrons. The van der Waals surface area contributed by atoms with Gasteiger partial charge in [0.1, 0.15) is 6.61 Å². The van der Waals surface area contributed by atoms with Gasteiger partial charge in [0, 0.05) is 24.5 Å². The van der Waals surface area contributed by atoms with Gasteiger partial charge in [-0.2, -0.15) is 0 Å². The van der Waals surface area contributed by atoms with Crippen LogP contribution in [-0.2, 0) is 11.3 Å². The Morgan fingerprint density at radius 3 is 2.79 bits per heavy atom. The molecule has 4 nitrogen and oxygen atoms in total. The van der Waals surface area contributed by atoms with E-state index in [2.05, 4.69) is 15.9 Å². The number of nitrogens with zero attached hydrogens (tertiary/aromatic N) is 1. The number of hydrogen-bond donors (Lipinski definition) is 1. The smallest absolute Gasteiger partial charge is 0.410 e. The maximum Gasteiger partial charge on any atom is 0.410 e. The summed E-state index contributed by atoms with van der Waals surface area (Å²) in [5.41, 5.74) is 7.04. The third-order valence-corrected chi connectivity index (χ3v) is 4.30. The van der Waals surface area contributed by atoms with Gasteiger partial charge in [-0.3, -0.25) is 0 Å². The average molecular weight is 327 g/mol. The zero-order chi connectivity index (χ0) is 13.7. The minimum atomic E-state index is -0.271. The largest absolute Gasteiger partial charge is 0.445 e. The number of piperidine rings is 1. The highest BCUT2D eigenvalue weighted by Crippen LogP contribution is 2.19. The van der Waals surface area contributed by atoms with Crippen molar-refractivity contribution in [1.82, 2.24) is 4.90 Å². The Hall–Kier alpha value is -1.07. The summed E-state index contributed by atoms with van der Waals surface area (Å²) in [5.74, 6) is 0.443. The summed E-state index contributed by atoms with van der Waals surface area (Å²) in [6, 6.07) is 9.71. The van der Waals surface area contributed by atoms with E-state index in [1.165, 1.54) is 0 Å². The standard InChI is InChI=1S/C14H19BrN2O2/c15-8-12-6-7-17(9-13(12)16)14(18)19-10-11-4-2-1-3-5-11/h1-5,12-13H,6-10,16H2. The summed E-state index contributed by atoms with van der Waals surface area (Å²) in [7, 11) is 0. The molecule has 1 heterocycles. The topological polar surface area (TPSA) is 55.6 Å². The van der Waals surface area contributed by atoms with Crippen molar-refractivity contribution in [3.05, 3.63) is 35.9 Å². The Kier molecular flexibility index (Phi) is 5.22. The number of carbonyl (C=O) groups is 1. The Labute approximate surface area is 122 Å². The summed E-state index contributed by atoms with van der Waals surface area (Å²) in [5, 5.41) is 0.890. The highest BCUT2D eigenvalue weighted by molar-refractivity contribution is 9.09. The second-order valence-electron chi connectivity index (χ2n) is 4.85. The Morgan fingerprint density at radius 1 is 1.42 bits per heavy atom. The van der Waals surface area contributed by atoms with E-state index in [1.807, 2.05) is 30.3 Å². The number of hydrogen-bond acceptors (Lipinski definition) is 3. The van der Waals surface area contributed by atoms with Gasteiger partial charge >= 0.3 is 6.09 Å². The van der Waals surface area contributed by atoms with E-state index in [0.717, 1.165) is 23.9 Å². The van der Waals surface area contributed by atoms with Crippen molar-refractivity contribution in [2.45, 2.75) is 19.1 Å². The molecule has 0 spiro atoms. The van der Waals surface area contributed by atoms with Crippen molar-refractivity contribution in [2.24, 2.45) is 11.7 Å². The molecule has 19 heavy (non-hydrogen) atoms. The van der Waals surface area contributed by atoms with Crippen molar-refractivity contribution in [3.8, 4) is 0 Å². The first-order chi connectivity index (χ1) is 9.20. The molecular weight excluding hydrogens is 308 g/mol. The van der Waals surface area contributed by atoms with Gasteiger partial charge in [-0.1, -0.05) is 46.3 Å². The Balaban J connectivity index is 1.81. The average Bonchev–Trinajstić information content (AvgIpc) is 2.45. The second-order valence-corrected chi connectivity index (χ2v) is 5.50. The van der Waals surface area contributed by atoms with E-state index in [0.29, 0.717) is 19.1 Å². The van der Waals surface area contributed by atoms with Crippen LogP contribution < -0.4 is 5.73 Å². The first-order valence-electron chi connectivity index (χ1n) is 6.48. The van der Waals surface area contributed by atoms with Crippen molar-refractivity contribution < 1.29 is 9.53 Å². The van der Waals surface area contributed by atoms with Crippen molar-refractivity contribution in [3.63, 3.8) is 0 Å². The van der Waals surface area contributed by atoms with Crippen LogP contribution in [0.3, 0.4) is 0 Å². The molecule has 1 aromatic carbocycles. The molecule has 0 radical (unpaired) electrons. The lowest BCUT2D eigenvalue weighted by atomic mass is 9.94. The third kappa shape index (κ3) is 3.94. The fraction of sp³-hybridized carbons (Fsp3) is 0.500. The molecule has 2 unspecified atom stereocenters. The Bertz CT molecular complexity index is 413. The molecule has 1 aliphatic rings. The van der Waals surface area contributed by atoms with Crippen LogP contribution in [0.15, 0.2) is 30.3 Å². The number of ether oxygens (including phenoxy) is 1. The molecule has 0 aromatic heterocycles. The first-order valence-corrected chi connectivity index (χ1v) is 7.60.